The largest absolute Gasteiger partial charge is 0.376 e. The van der Waals surface area contributed by atoms with Crippen LogP contribution in [0.1, 0.15) is 12.8 Å². The zero-order valence-electron chi connectivity index (χ0n) is 9.65. The molecule has 0 spiro atoms. The number of nitrogens with two attached hydrogens (primary N) is 1. The monoisotopic (exact) mass is 328 g/mol. The van der Waals surface area contributed by atoms with Crippen molar-refractivity contribution in [1.82, 2.24) is 9.97 Å². The van der Waals surface area contributed by atoms with Crippen LogP contribution in [0.4, 0.5) is 10.9 Å². The van der Waals surface area contributed by atoms with Crippen molar-refractivity contribution in [3.8, 4) is 0 Å². The van der Waals surface area contributed by atoms with Crippen molar-refractivity contribution in [3.05, 3.63) is 10.5 Å². The summed E-state index contributed by atoms with van der Waals surface area (Å²) < 4.78 is 6.47. The number of ether oxygens (including phenoxy) is 1. The van der Waals surface area contributed by atoms with Crippen molar-refractivity contribution >= 4 is 48.6 Å². The van der Waals surface area contributed by atoms with Crippen molar-refractivity contribution in [2.45, 2.75) is 18.9 Å². The van der Waals surface area contributed by atoms with Gasteiger partial charge in [-0.25, -0.2) is 9.97 Å². The SMILES string of the molecule is Nc1nc2cc(Br)c(NCC3CCCO3)nc2s1. The number of nitrogen functional groups attached to an aromatic ring is 1. The van der Waals surface area contributed by atoms with Crippen LogP contribution in [0.5, 0.6) is 0 Å². The second-order valence-corrected chi connectivity index (χ2v) is 6.07. The van der Waals surface area contributed by atoms with E-state index >= 15 is 0 Å². The number of nitrogens with zero attached hydrogens (tertiary/aromatic N) is 2. The Hall–Kier alpha value is -0.920. The van der Waals surface area contributed by atoms with Crippen molar-refractivity contribution in [1.29, 1.82) is 0 Å². The fraction of sp³-hybridized carbons (Fsp3) is 0.455. The van der Waals surface area contributed by atoms with E-state index in [0.29, 0.717) is 11.2 Å². The first-order valence-electron chi connectivity index (χ1n) is 5.80. The lowest BCUT2D eigenvalue weighted by Gasteiger charge is -2.12. The normalized spacial score (nSPS) is 19.5. The second-order valence-electron chi connectivity index (χ2n) is 4.21. The molecule has 0 aliphatic carbocycles. The highest BCUT2D eigenvalue weighted by atomic mass is 79.9. The molecule has 1 aliphatic rings. The minimum Gasteiger partial charge on any atom is -0.376 e. The highest BCUT2D eigenvalue weighted by Gasteiger charge is 2.16. The van der Waals surface area contributed by atoms with Gasteiger partial charge in [0.2, 0.25) is 0 Å². The van der Waals surface area contributed by atoms with Gasteiger partial charge in [-0.05, 0) is 34.8 Å². The lowest BCUT2D eigenvalue weighted by molar-refractivity contribution is 0.120. The van der Waals surface area contributed by atoms with Crippen LogP contribution < -0.4 is 11.1 Å². The average Bonchev–Trinajstić information content (AvgIpc) is 2.94. The summed E-state index contributed by atoms with van der Waals surface area (Å²) >= 11 is 4.89. The van der Waals surface area contributed by atoms with E-state index in [1.165, 1.54) is 11.3 Å². The molecule has 18 heavy (non-hydrogen) atoms. The molecule has 0 bridgehead atoms. The van der Waals surface area contributed by atoms with Gasteiger partial charge in [0.25, 0.3) is 0 Å². The molecule has 0 aromatic carbocycles. The zero-order valence-corrected chi connectivity index (χ0v) is 12.1. The quantitative estimate of drug-likeness (QED) is 0.906. The van der Waals surface area contributed by atoms with Crippen LogP contribution in [-0.2, 0) is 4.74 Å². The summed E-state index contributed by atoms with van der Waals surface area (Å²) in [6, 6.07) is 1.94. The Bertz CT molecular complexity index is 567. The van der Waals surface area contributed by atoms with Gasteiger partial charge < -0.3 is 15.8 Å². The summed E-state index contributed by atoms with van der Waals surface area (Å²) in [5.41, 5.74) is 6.50. The number of aromatic nitrogens is 2. The maximum atomic E-state index is 5.68. The summed E-state index contributed by atoms with van der Waals surface area (Å²) in [5.74, 6) is 0.821. The fourth-order valence-corrected chi connectivity index (χ4v) is 3.13. The lowest BCUT2D eigenvalue weighted by Crippen LogP contribution is -2.19. The van der Waals surface area contributed by atoms with E-state index in [0.717, 1.165) is 46.6 Å². The fourth-order valence-electron chi connectivity index (χ4n) is 2.00. The molecule has 7 heteroatoms. The van der Waals surface area contributed by atoms with Gasteiger partial charge in [0.15, 0.2) is 5.13 Å². The average molecular weight is 329 g/mol. The van der Waals surface area contributed by atoms with Gasteiger partial charge in [-0.1, -0.05) is 11.3 Å². The van der Waals surface area contributed by atoms with Gasteiger partial charge >= 0.3 is 0 Å². The van der Waals surface area contributed by atoms with E-state index in [-0.39, 0.29) is 0 Å². The van der Waals surface area contributed by atoms with E-state index in [4.69, 9.17) is 10.5 Å². The molecule has 1 atom stereocenters. The highest BCUT2D eigenvalue weighted by molar-refractivity contribution is 9.10. The molecule has 0 amide bonds. The molecule has 2 aromatic heterocycles. The van der Waals surface area contributed by atoms with Gasteiger partial charge in [0.05, 0.1) is 10.6 Å². The predicted octanol–water partition coefficient (Wildman–Crippen LogP) is 2.63. The molecule has 3 heterocycles. The van der Waals surface area contributed by atoms with Crippen molar-refractivity contribution in [2.75, 3.05) is 24.2 Å². The van der Waals surface area contributed by atoms with Gasteiger partial charge in [0, 0.05) is 13.2 Å². The number of pyridine rings is 1. The second kappa shape index (κ2) is 4.99. The predicted molar refractivity (Wildman–Crippen MR) is 77.0 cm³/mol. The molecule has 0 saturated carbocycles. The minimum atomic E-state index is 0.293. The summed E-state index contributed by atoms with van der Waals surface area (Å²) in [6.45, 7) is 1.65. The van der Waals surface area contributed by atoms with Crippen LogP contribution >= 0.6 is 27.3 Å². The highest BCUT2D eigenvalue weighted by Crippen LogP contribution is 2.29. The maximum Gasteiger partial charge on any atom is 0.182 e. The zero-order chi connectivity index (χ0) is 12.5. The number of rotatable bonds is 3. The van der Waals surface area contributed by atoms with Crippen molar-refractivity contribution < 1.29 is 4.74 Å². The van der Waals surface area contributed by atoms with Gasteiger partial charge in [-0.3, -0.25) is 0 Å². The summed E-state index contributed by atoms with van der Waals surface area (Å²) in [4.78, 5) is 9.58. The van der Waals surface area contributed by atoms with Crippen LogP contribution in [-0.4, -0.2) is 29.2 Å². The van der Waals surface area contributed by atoms with Crippen molar-refractivity contribution in [2.24, 2.45) is 0 Å². The molecule has 3 rings (SSSR count). The number of anilines is 2. The van der Waals surface area contributed by atoms with Gasteiger partial charge in [-0.15, -0.1) is 0 Å². The maximum absolute atomic E-state index is 5.68. The van der Waals surface area contributed by atoms with Crippen LogP contribution in [0.3, 0.4) is 0 Å². The van der Waals surface area contributed by atoms with E-state index in [2.05, 4.69) is 31.2 Å². The molecular weight excluding hydrogens is 316 g/mol. The summed E-state index contributed by atoms with van der Waals surface area (Å²) in [7, 11) is 0. The van der Waals surface area contributed by atoms with Crippen LogP contribution in [0, 0.1) is 0 Å². The third kappa shape index (κ3) is 2.43. The standard InChI is InChI=1S/C11H13BrN4OS/c12-7-4-8-10(18-11(13)15-8)16-9(7)14-5-6-2-1-3-17-6/h4,6H,1-3,5H2,(H2,13,15)(H,14,16). The third-order valence-corrected chi connectivity index (χ3v) is 4.27. The molecular formula is C11H13BrN4OS. The van der Waals surface area contributed by atoms with E-state index in [9.17, 15) is 0 Å². The molecule has 3 N–H and O–H groups in total. The van der Waals surface area contributed by atoms with Gasteiger partial charge in [-0.2, -0.15) is 0 Å². The molecule has 2 aromatic rings. The molecule has 1 unspecified atom stereocenters. The Morgan fingerprint density at radius 1 is 1.56 bits per heavy atom. The molecule has 5 nitrogen and oxygen atoms in total. The molecule has 1 aliphatic heterocycles. The molecule has 1 saturated heterocycles. The van der Waals surface area contributed by atoms with E-state index in [1.807, 2.05) is 6.07 Å². The smallest absolute Gasteiger partial charge is 0.182 e. The Labute approximate surface area is 117 Å². The topological polar surface area (TPSA) is 73.1 Å². The lowest BCUT2D eigenvalue weighted by atomic mass is 10.2. The van der Waals surface area contributed by atoms with Crippen LogP contribution in [0.2, 0.25) is 0 Å². The summed E-state index contributed by atoms with van der Waals surface area (Å²) in [5, 5.41) is 3.85. The third-order valence-electron chi connectivity index (χ3n) is 2.88. The van der Waals surface area contributed by atoms with Crippen LogP contribution in [0.25, 0.3) is 10.3 Å². The Morgan fingerprint density at radius 3 is 3.22 bits per heavy atom. The van der Waals surface area contributed by atoms with Gasteiger partial charge in [0.1, 0.15) is 16.2 Å². The Morgan fingerprint density at radius 2 is 2.44 bits per heavy atom. The van der Waals surface area contributed by atoms with E-state index in [1.54, 1.807) is 0 Å². The number of fused-ring (bicyclic) bond motifs is 1. The first-order valence-corrected chi connectivity index (χ1v) is 7.41. The minimum absolute atomic E-state index is 0.293. The van der Waals surface area contributed by atoms with E-state index < -0.39 is 0 Å². The summed E-state index contributed by atoms with van der Waals surface area (Å²) in [6.07, 6.45) is 2.55. The number of nitrogens with one attached hydrogen (secondary N) is 1. The number of thiazole rings is 1. The number of hydrogen-bond donors (Lipinski definition) is 2. The molecule has 0 radical (unpaired) electrons. The number of halogens is 1. The first-order chi connectivity index (χ1) is 8.72. The molecule has 96 valence electrons. The Kier molecular flexibility index (Phi) is 3.36. The first kappa shape index (κ1) is 12.1. The molecule has 1 fully saturated rings. The van der Waals surface area contributed by atoms with Crippen LogP contribution in [0.15, 0.2) is 10.5 Å². The Balaban J connectivity index is 1.79. The van der Waals surface area contributed by atoms with Crippen molar-refractivity contribution in [3.63, 3.8) is 0 Å². The number of hydrogen-bond acceptors (Lipinski definition) is 6.